The molecule has 1 atom stereocenters. The molecular weight excluding hydrogens is 364 g/mol. The highest BCUT2D eigenvalue weighted by atomic mass is 35.5. The molecule has 1 saturated heterocycles. The van der Waals surface area contributed by atoms with E-state index in [-0.39, 0.29) is 10.8 Å². The van der Waals surface area contributed by atoms with Crippen molar-refractivity contribution in [2.75, 3.05) is 19.3 Å². The van der Waals surface area contributed by atoms with Gasteiger partial charge in [-0.1, -0.05) is 11.6 Å². The summed E-state index contributed by atoms with van der Waals surface area (Å²) in [4.78, 5) is 9.71. The molecule has 7 heteroatoms. The van der Waals surface area contributed by atoms with E-state index in [4.69, 9.17) is 11.6 Å². The third-order valence-electron chi connectivity index (χ3n) is 4.32. The topological polar surface area (TPSA) is 50.3 Å². The highest BCUT2D eigenvalue weighted by Gasteiger charge is 2.27. The number of halogens is 1. The summed E-state index contributed by atoms with van der Waals surface area (Å²) in [5.74, 6) is 0.127. The molecule has 1 fully saturated rings. The zero-order valence-corrected chi connectivity index (χ0v) is 16.2. The molecule has 2 aromatic heterocycles. The second-order valence-electron chi connectivity index (χ2n) is 6.40. The van der Waals surface area contributed by atoms with E-state index in [0.29, 0.717) is 10.7 Å². The fraction of sp³-hybridized carbons (Fsp3) is 0.471. The average Bonchev–Trinajstić information content (AvgIpc) is 2.91. The number of hydrogen-bond acceptors (Lipinski definition) is 5. The molecule has 0 aliphatic carbocycles. The first kappa shape index (κ1) is 17.9. The van der Waals surface area contributed by atoms with Crippen LogP contribution in [0.15, 0.2) is 29.3 Å². The number of thiophene rings is 1. The van der Waals surface area contributed by atoms with Crippen molar-refractivity contribution in [2.45, 2.75) is 37.1 Å². The lowest BCUT2D eigenvalue weighted by Crippen LogP contribution is -2.34. The van der Waals surface area contributed by atoms with Crippen molar-refractivity contribution in [1.29, 1.82) is 0 Å². The van der Waals surface area contributed by atoms with Crippen LogP contribution in [0.1, 0.15) is 34.2 Å². The number of pyridine rings is 1. The lowest BCUT2D eigenvalue weighted by molar-refractivity contribution is 0.199. The molecule has 130 valence electrons. The van der Waals surface area contributed by atoms with Crippen molar-refractivity contribution >= 4 is 32.8 Å². The van der Waals surface area contributed by atoms with Crippen LogP contribution in [0, 0.1) is 6.92 Å². The molecule has 0 N–H and O–H groups in total. The number of aryl methyl sites for hydroxylation is 1. The van der Waals surface area contributed by atoms with Gasteiger partial charge in [-0.2, -0.15) is 0 Å². The van der Waals surface area contributed by atoms with Gasteiger partial charge >= 0.3 is 0 Å². The molecule has 0 saturated carbocycles. The SMILES string of the molecule is Cc1ccc(CN2CCC[C@H](c3ncc(Cl)cc3S(C)(=O)=O)C2)s1. The Labute approximate surface area is 152 Å². The Morgan fingerprint density at radius 1 is 1.42 bits per heavy atom. The number of piperidine rings is 1. The van der Waals surface area contributed by atoms with Crippen molar-refractivity contribution in [2.24, 2.45) is 0 Å². The van der Waals surface area contributed by atoms with Crippen LogP contribution in [0.2, 0.25) is 5.02 Å². The summed E-state index contributed by atoms with van der Waals surface area (Å²) in [5, 5.41) is 0.362. The van der Waals surface area contributed by atoms with Crippen molar-refractivity contribution < 1.29 is 8.42 Å². The summed E-state index contributed by atoms with van der Waals surface area (Å²) in [6.45, 7) is 4.89. The standard InChI is InChI=1S/C17H21ClN2O2S2/c1-12-5-6-15(23-12)11-20-7-3-4-13(10-20)17-16(24(2,21)22)8-14(18)9-19-17/h5-6,8-9,13H,3-4,7,10-11H2,1-2H3/t13-/m0/s1. The fourth-order valence-electron chi connectivity index (χ4n) is 3.25. The van der Waals surface area contributed by atoms with Gasteiger partial charge in [-0.3, -0.25) is 9.88 Å². The van der Waals surface area contributed by atoms with E-state index in [9.17, 15) is 8.42 Å². The number of hydrogen-bond donors (Lipinski definition) is 0. The largest absolute Gasteiger partial charge is 0.298 e. The Morgan fingerprint density at radius 3 is 2.88 bits per heavy atom. The zero-order valence-electron chi connectivity index (χ0n) is 13.8. The first-order valence-corrected chi connectivity index (χ1v) is 11.0. The fourth-order valence-corrected chi connectivity index (χ4v) is 5.34. The van der Waals surface area contributed by atoms with Crippen LogP contribution in [0.5, 0.6) is 0 Å². The zero-order chi connectivity index (χ0) is 17.3. The Bertz CT molecular complexity index is 833. The lowest BCUT2D eigenvalue weighted by Gasteiger charge is -2.32. The number of likely N-dealkylation sites (tertiary alicyclic amines) is 1. The predicted octanol–water partition coefficient (Wildman–Crippen LogP) is 3.89. The van der Waals surface area contributed by atoms with E-state index in [0.717, 1.165) is 32.5 Å². The van der Waals surface area contributed by atoms with Crippen LogP contribution in [-0.4, -0.2) is 37.6 Å². The maximum absolute atomic E-state index is 12.1. The van der Waals surface area contributed by atoms with Gasteiger partial charge in [-0.05, 0) is 44.5 Å². The molecule has 0 unspecified atom stereocenters. The summed E-state index contributed by atoms with van der Waals surface area (Å²) in [7, 11) is -3.34. The Kier molecular flexibility index (Phi) is 5.30. The number of sulfone groups is 1. The van der Waals surface area contributed by atoms with E-state index >= 15 is 0 Å². The minimum atomic E-state index is -3.34. The number of aromatic nitrogens is 1. The molecule has 0 spiro atoms. The maximum atomic E-state index is 12.1. The monoisotopic (exact) mass is 384 g/mol. The molecular formula is C17H21ClN2O2S2. The normalized spacial score (nSPS) is 19.5. The van der Waals surface area contributed by atoms with Crippen molar-refractivity contribution in [3.05, 3.63) is 44.9 Å². The summed E-state index contributed by atoms with van der Waals surface area (Å²) < 4.78 is 24.2. The van der Waals surface area contributed by atoms with Gasteiger partial charge in [-0.15, -0.1) is 11.3 Å². The number of rotatable bonds is 4. The third kappa shape index (κ3) is 4.17. The summed E-state index contributed by atoms with van der Waals surface area (Å²) >= 11 is 7.78. The van der Waals surface area contributed by atoms with Gasteiger partial charge in [0, 0.05) is 41.2 Å². The van der Waals surface area contributed by atoms with Gasteiger partial charge in [-0.25, -0.2) is 8.42 Å². The maximum Gasteiger partial charge on any atom is 0.177 e. The average molecular weight is 385 g/mol. The van der Waals surface area contributed by atoms with Crippen LogP contribution in [-0.2, 0) is 16.4 Å². The Morgan fingerprint density at radius 2 is 2.21 bits per heavy atom. The Hall–Kier alpha value is -0.950. The van der Waals surface area contributed by atoms with Gasteiger partial charge in [0.05, 0.1) is 15.6 Å². The molecule has 0 amide bonds. The minimum Gasteiger partial charge on any atom is -0.298 e. The van der Waals surface area contributed by atoms with Crippen LogP contribution in [0.25, 0.3) is 0 Å². The quantitative estimate of drug-likeness (QED) is 0.802. The highest BCUT2D eigenvalue weighted by Crippen LogP contribution is 2.32. The van der Waals surface area contributed by atoms with Gasteiger partial charge in [0.1, 0.15) is 0 Å². The molecule has 0 aromatic carbocycles. The van der Waals surface area contributed by atoms with Crippen molar-refractivity contribution in [1.82, 2.24) is 9.88 Å². The van der Waals surface area contributed by atoms with E-state index < -0.39 is 9.84 Å². The van der Waals surface area contributed by atoms with Crippen molar-refractivity contribution in [3.8, 4) is 0 Å². The van der Waals surface area contributed by atoms with Gasteiger partial charge < -0.3 is 0 Å². The van der Waals surface area contributed by atoms with E-state index in [2.05, 4.69) is 28.9 Å². The second kappa shape index (κ2) is 7.12. The van der Waals surface area contributed by atoms with E-state index in [1.165, 1.54) is 22.1 Å². The number of nitrogens with zero attached hydrogens (tertiary/aromatic N) is 2. The Balaban J connectivity index is 1.82. The molecule has 0 bridgehead atoms. The van der Waals surface area contributed by atoms with Crippen LogP contribution in [0.4, 0.5) is 0 Å². The second-order valence-corrected chi connectivity index (χ2v) is 10.2. The smallest absolute Gasteiger partial charge is 0.177 e. The van der Waals surface area contributed by atoms with Crippen molar-refractivity contribution in [3.63, 3.8) is 0 Å². The van der Waals surface area contributed by atoms with Crippen LogP contribution >= 0.6 is 22.9 Å². The van der Waals surface area contributed by atoms with E-state index in [1.54, 1.807) is 6.20 Å². The molecule has 24 heavy (non-hydrogen) atoms. The summed E-state index contributed by atoms with van der Waals surface area (Å²) in [6.07, 6.45) is 4.77. The lowest BCUT2D eigenvalue weighted by atomic mass is 9.94. The highest BCUT2D eigenvalue weighted by molar-refractivity contribution is 7.90. The van der Waals surface area contributed by atoms with Crippen LogP contribution < -0.4 is 0 Å². The predicted molar refractivity (Wildman–Crippen MR) is 98.7 cm³/mol. The van der Waals surface area contributed by atoms with Gasteiger partial charge in [0.15, 0.2) is 9.84 Å². The summed E-state index contributed by atoms with van der Waals surface area (Å²) in [5.41, 5.74) is 0.661. The molecule has 3 heterocycles. The minimum absolute atomic E-state index is 0.127. The molecule has 1 aliphatic rings. The summed E-state index contributed by atoms with van der Waals surface area (Å²) in [6, 6.07) is 5.84. The molecule has 1 aliphatic heterocycles. The van der Waals surface area contributed by atoms with Crippen LogP contribution in [0.3, 0.4) is 0 Å². The van der Waals surface area contributed by atoms with Gasteiger partial charge in [0.2, 0.25) is 0 Å². The molecule has 0 radical (unpaired) electrons. The van der Waals surface area contributed by atoms with E-state index in [1.807, 2.05) is 11.3 Å². The van der Waals surface area contributed by atoms with Gasteiger partial charge in [0.25, 0.3) is 0 Å². The molecule has 3 rings (SSSR count). The first-order chi connectivity index (χ1) is 11.3. The first-order valence-electron chi connectivity index (χ1n) is 7.96. The third-order valence-corrected chi connectivity index (χ3v) is 6.63. The molecule has 4 nitrogen and oxygen atoms in total. The molecule has 2 aromatic rings.